The zero-order chi connectivity index (χ0) is 14.5. The van der Waals surface area contributed by atoms with Crippen LogP contribution in [0, 0.1) is 9.39 Å². The fraction of sp³-hybridized carbons (Fsp3) is 0.250. The van der Waals surface area contributed by atoms with E-state index in [0.29, 0.717) is 0 Å². The average Bonchev–Trinajstić information content (AvgIpc) is 2.44. The summed E-state index contributed by atoms with van der Waals surface area (Å²) in [5, 5.41) is 3.59. The molecule has 1 nitrogen and oxygen atoms in total. The molecule has 0 aliphatic rings. The summed E-state index contributed by atoms with van der Waals surface area (Å²) in [7, 11) is 0. The van der Waals surface area contributed by atoms with Crippen molar-refractivity contribution >= 4 is 34.2 Å². The van der Waals surface area contributed by atoms with Gasteiger partial charge in [-0.3, -0.25) is 0 Å². The van der Waals surface area contributed by atoms with Crippen LogP contribution in [0.4, 0.5) is 4.39 Å². The number of halogens is 3. The van der Waals surface area contributed by atoms with Gasteiger partial charge in [0.25, 0.3) is 0 Å². The van der Waals surface area contributed by atoms with Crippen LogP contribution in [-0.4, -0.2) is 6.54 Å². The smallest absolute Gasteiger partial charge is 0.142 e. The van der Waals surface area contributed by atoms with Crippen molar-refractivity contribution in [3.05, 3.63) is 68.0 Å². The Hall–Kier alpha value is -0.650. The highest BCUT2D eigenvalue weighted by molar-refractivity contribution is 14.1. The molecule has 0 radical (unpaired) electrons. The van der Waals surface area contributed by atoms with Gasteiger partial charge in [0.15, 0.2) is 0 Å². The fourth-order valence-corrected chi connectivity index (χ4v) is 2.80. The summed E-state index contributed by atoms with van der Waals surface area (Å²) in [4.78, 5) is 0. The minimum absolute atomic E-state index is 0.0169. The third kappa shape index (κ3) is 3.93. The molecular formula is C16H16ClFIN. The molecule has 2 rings (SSSR count). The first-order valence-electron chi connectivity index (χ1n) is 6.53. The van der Waals surface area contributed by atoms with Gasteiger partial charge in [-0.2, -0.15) is 0 Å². The number of likely N-dealkylation sites (N-methyl/N-ethyl adjacent to an activating group) is 1. The predicted molar refractivity (Wildman–Crippen MR) is 90.7 cm³/mol. The third-order valence-corrected chi connectivity index (χ3v) is 4.28. The zero-order valence-electron chi connectivity index (χ0n) is 11.2. The van der Waals surface area contributed by atoms with Crippen molar-refractivity contribution in [3.63, 3.8) is 0 Å². The van der Waals surface area contributed by atoms with Gasteiger partial charge in [-0.05, 0) is 64.9 Å². The van der Waals surface area contributed by atoms with Crippen molar-refractivity contribution in [1.82, 2.24) is 5.32 Å². The van der Waals surface area contributed by atoms with Gasteiger partial charge < -0.3 is 5.32 Å². The topological polar surface area (TPSA) is 12.0 Å². The van der Waals surface area contributed by atoms with Crippen LogP contribution in [-0.2, 0) is 6.42 Å². The molecule has 1 unspecified atom stereocenters. The molecular weight excluding hydrogens is 388 g/mol. The minimum atomic E-state index is -0.366. The van der Waals surface area contributed by atoms with Crippen molar-refractivity contribution in [2.45, 2.75) is 19.4 Å². The maximum absolute atomic E-state index is 13.6. The predicted octanol–water partition coefficient (Wildman–Crippen LogP) is 4.98. The van der Waals surface area contributed by atoms with Crippen LogP contribution in [0.2, 0.25) is 5.02 Å². The van der Waals surface area contributed by atoms with Crippen molar-refractivity contribution < 1.29 is 4.39 Å². The highest BCUT2D eigenvalue weighted by Crippen LogP contribution is 2.28. The second-order valence-electron chi connectivity index (χ2n) is 4.58. The lowest BCUT2D eigenvalue weighted by Gasteiger charge is -2.20. The van der Waals surface area contributed by atoms with Crippen LogP contribution in [0.1, 0.15) is 24.1 Å². The quantitative estimate of drug-likeness (QED) is 0.695. The normalized spacial score (nSPS) is 12.4. The lowest BCUT2D eigenvalue weighted by molar-refractivity contribution is 0.543. The highest BCUT2D eigenvalue weighted by atomic mass is 127. The van der Waals surface area contributed by atoms with Gasteiger partial charge in [-0.25, -0.2) is 4.39 Å². The molecule has 2 aromatic carbocycles. The number of hydrogen-bond acceptors (Lipinski definition) is 1. The van der Waals surface area contributed by atoms with E-state index < -0.39 is 0 Å². The lowest BCUT2D eigenvalue weighted by Crippen LogP contribution is -2.23. The molecule has 0 bridgehead atoms. The first-order valence-corrected chi connectivity index (χ1v) is 7.99. The molecule has 20 heavy (non-hydrogen) atoms. The summed E-state index contributed by atoms with van der Waals surface area (Å²) in [6, 6.07) is 13.3. The van der Waals surface area contributed by atoms with E-state index in [0.717, 1.165) is 18.5 Å². The minimum Gasteiger partial charge on any atom is -0.310 e. The SMILES string of the molecule is CCNC(Cc1ccc(I)cc1)c1cccc(F)c1Cl. The molecule has 0 fully saturated rings. The molecule has 0 saturated carbocycles. The Labute approximate surface area is 137 Å². The van der Waals surface area contributed by atoms with E-state index in [1.165, 1.54) is 15.2 Å². The van der Waals surface area contributed by atoms with E-state index in [9.17, 15) is 4.39 Å². The van der Waals surface area contributed by atoms with Crippen LogP contribution in [0.3, 0.4) is 0 Å². The summed E-state index contributed by atoms with van der Waals surface area (Å²) >= 11 is 8.38. The Morgan fingerprint density at radius 2 is 1.90 bits per heavy atom. The number of nitrogens with one attached hydrogen (secondary N) is 1. The van der Waals surface area contributed by atoms with E-state index >= 15 is 0 Å². The summed E-state index contributed by atoms with van der Waals surface area (Å²) in [5.41, 5.74) is 2.02. The average molecular weight is 404 g/mol. The van der Waals surface area contributed by atoms with Gasteiger partial charge in [0.1, 0.15) is 5.82 Å². The van der Waals surface area contributed by atoms with Crippen LogP contribution in [0.15, 0.2) is 42.5 Å². The van der Waals surface area contributed by atoms with Gasteiger partial charge in [0, 0.05) is 9.61 Å². The summed E-state index contributed by atoms with van der Waals surface area (Å²) < 4.78 is 14.8. The Bertz CT molecular complexity index is 571. The lowest BCUT2D eigenvalue weighted by atomic mass is 9.98. The maximum Gasteiger partial charge on any atom is 0.142 e. The van der Waals surface area contributed by atoms with Crippen molar-refractivity contribution in [2.75, 3.05) is 6.54 Å². The number of benzene rings is 2. The van der Waals surface area contributed by atoms with Crippen LogP contribution in [0.25, 0.3) is 0 Å². The Balaban J connectivity index is 2.26. The second kappa shape index (κ2) is 7.38. The van der Waals surface area contributed by atoms with Gasteiger partial charge in [-0.15, -0.1) is 0 Å². The van der Waals surface area contributed by atoms with Crippen LogP contribution >= 0.6 is 34.2 Å². The summed E-state index contributed by atoms with van der Waals surface area (Å²) in [5.74, 6) is -0.366. The molecule has 0 amide bonds. The van der Waals surface area contributed by atoms with Crippen LogP contribution in [0.5, 0.6) is 0 Å². The maximum atomic E-state index is 13.6. The van der Waals surface area contributed by atoms with Gasteiger partial charge >= 0.3 is 0 Å². The van der Waals surface area contributed by atoms with Crippen molar-refractivity contribution in [3.8, 4) is 0 Å². The molecule has 4 heteroatoms. The Morgan fingerprint density at radius 1 is 1.20 bits per heavy atom. The number of hydrogen-bond donors (Lipinski definition) is 1. The molecule has 2 aromatic rings. The highest BCUT2D eigenvalue weighted by Gasteiger charge is 2.16. The molecule has 1 atom stereocenters. The molecule has 0 aliphatic carbocycles. The first-order chi connectivity index (χ1) is 9.61. The Kier molecular flexibility index (Phi) is 5.81. The van der Waals surface area contributed by atoms with E-state index in [1.807, 2.05) is 13.0 Å². The summed E-state index contributed by atoms with van der Waals surface area (Å²) in [6.45, 7) is 2.84. The van der Waals surface area contributed by atoms with E-state index in [-0.39, 0.29) is 16.9 Å². The largest absolute Gasteiger partial charge is 0.310 e. The second-order valence-corrected chi connectivity index (χ2v) is 6.21. The van der Waals surface area contributed by atoms with Gasteiger partial charge in [0.2, 0.25) is 0 Å². The summed E-state index contributed by atoms with van der Waals surface area (Å²) in [6.07, 6.45) is 0.786. The monoisotopic (exact) mass is 403 g/mol. The molecule has 106 valence electrons. The third-order valence-electron chi connectivity index (χ3n) is 3.16. The standard InChI is InChI=1S/C16H16ClFIN/c1-2-20-15(10-11-6-8-12(19)9-7-11)13-4-3-5-14(18)16(13)17/h3-9,15,20H,2,10H2,1H3. The molecule has 0 spiro atoms. The van der Waals surface area contributed by atoms with Crippen LogP contribution < -0.4 is 5.32 Å². The zero-order valence-corrected chi connectivity index (χ0v) is 14.1. The van der Waals surface area contributed by atoms with Crippen molar-refractivity contribution in [1.29, 1.82) is 0 Å². The van der Waals surface area contributed by atoms with E-state index in [1.54, 1.807) is 6.07 Å². The fourth-order valence-electron chi connectivity index (χ4n) is 2.18. The van der Waals surface area contributed by atoms with Crippen molar-refractivity contribution in [2.24, 2.45) is 0 Å². The molecule has 0 saturated heterocycles. The van der Waals surface area contributed by atoms with Gasteiger partial charge in [-0.1, -0.05) is 42.8 Å². The first kappa shape index (κ1) is 15.7. The van der Waals surface area contributed by atoms with Gasteiger partial charge in [0.05, 0.1) is 5.02 Å². The molecule has 0 heterocycles. The molecule has 0 aromatic heterocycles. The Morgan fingerprint density at radius 3 is 2.55 bits per heavy atom. The number of rotatable bonds is 5. The van der Waals surface area contributed by atoms with E-state index in [4.69, 9.17) is 11.6 Å². The molecule has 0 aliphatic heterocycles. The van der Waals surface area contributed by atoms with E-state index in [2.05, 4.69) is 52.2 Å². The molecule has 1 N–H and O–H groups in total.